The molecule has 4 N–H and O–H groups in total. The van der Waals surface area contributed by atoms with Crippen molar-refractivity contribution >= 4 is 5.97 Å². The lowest BCUT2D eigenvalue weighted by Gasteiger charge is -2.26. The van der Waals surface area contributed by atoms with Gasteiger partial charge in [-0.2, -0.15) is 5.21 Å². The molecular weight excluding hydrogens is 500 g/mol. The molecule has 11 heteroatoms. The maximum atomic E-state index is 13.7. The highest BCUT2D eigenvalue weighted by Crippen LogP contribution is 2.38. The maximum absolute atomic E-state index is 13.7. The number of rotatable bonds is 10. The minimum Gasteiger partial charge on any atom is -0.509 e. The third-order valence-corrected chi connectivity index (χ3v) is 6.20. The number of nitrogens with one attached hydrogen (secondary N) is 1. The van der Waals surface area contributed by atoms with Gasteiger partial charge in [0.25, 0.3) is 0 Å². The molecule has 0 aliphatic heterocycles. The predicted octanol–water partition coefficient (Wildman–Crippen LogP) is 4.39. The number of aromatic nitrogens is 6. The summed E-state index contributed by atoms with van der Waals surface area (Å²) in [5.74, 6) is -0.704. The van der Waals surface area contributed by atoms with E-state index in [-0.39, 0.29) is 17.1 Å². The Morgan fingerprint density at radius 1 is 1.10 bits per heavy atom. The molecule has 4 aromatic rings. The van der Waals surface area contributed by atoms with E-state index in [0.717, 1.165) is 17.5 Å². The summed E-state index contributed by atoms with van der Waals surface area (Å²) in [6, 6.07) is 16.5. The van der Waals surface area contributed by atoms with Crippen molar-refractivity contribution in [2.24, 2.45) is 0 Å². The summed E-state index contributed by atoms with van der Waals surface area (Å²) in [4.78, 5) is 18.5. The van der Waals surface area contributed by atoms with Crippen molar-refractivity contribution < 1.29 is 24.9 Å². The number of hydrogen-bond donors (Lipinski definition) is 4. The summed E-state index contributed by atoms with van der Waals surface area (Å²) in [6.07, 6.45) is 1.23. The van der Waals surface area contributed by atoms with Gasteiger partial charge in [0.05, 0.1) is 6.04 Å². The molecule has 0 radical (unpaired) electrons. The molecule has 11 nitrogen and oxygen atoms in total. The number of benzene rings is 2. The van der Waals surface area contributed by atoms with Crippen LogP contribution in [0.5, 0.6) is 0 Å². The molecule has 0 saturated heterocycles. The van der Waals surface area contributed by atoms with Gasteiger partial charge in [-0.3, -0.25) is 0 Å². The Bertz CT molecular complexity index is 1450. The fourth-order valence-electron chi connectivity index (χ4n) is 4.40. The van der Waals surface area contributed by atoms with Crippen LogP contribution >= 0.6 is 0 Å². The number of tetrazole rings is 1. The molecule has 0 spiro atoms. The maximum Gasteiger partial charge on any atom is 0.357 e. The second-order valence-electron chi connectivity index (χ2n) is 9.65. The minimum atomic E-state index is -1.50. The second kappa shape index (κ2) is 11.5. The highest BCUT2D eigenvalue weighted by molar-refractivity contribution is 5.90. The van der Waals surface area contributed by atoms with Gasteiger partial charge in [-0.05, 0) is 43.5 Å². The van der Waals surface area contributed by atoms with Gasteiger partial charge < -0.3 is 24.6 Å². The molecule has 1 unspecified atom stereocenters. The monoisotopic (exact) mass is 532 g/mol. The van der Waals surface area contributed by atoms with Gasteiger partial charge in [0.15, 0.2) is 18.1 Å². The van der Waals surface area contributed by atoms with Gasteiger partial charge in [-0.1, -0.05) is 61.5 Å². The van der Waals surface area contributed by atoms with Gasteiger partial charge in [0.1, 0.15) is 22.9 Å². The molecule has 4 rings (SSSR count). The number of ether oxygens (including phenoxy) is 1. The van der Waals surface area contributed by atoms with Crippen LogP contribution in [0.1, 0.15) is 73.3 Å². The van der Waals surface area contributed by atoms with Crippen LogP contribution in [0.2, 0.25) is 0 Å². The number of carbonyl (C=O) groups is 1. The second-order valence-corrected chi connectivity index (χ2v) is 9.65. The van der Waals surface area contributed by atoms with Crippen LogP contribution < -0.4 is 0 Å². The molecule has 0 aliphatic carbocycles. The van der Waals surface area contributed by atoms with E-state index >= 15 is 0 Å². The standard InChI is InChI=1S/C28H32N6O5/c1-5-11-22-29-25(28(3,4)38)24(27(37)39-16-21(36)17(2)35)34(22)23(18-12-7-6-8-13-18)19-14-9-10-15-20(19)26-30-32-33-31-26/h6-10,12-15,23,35-36,38H,5,11,16H2,1-4H3,(H,30,31,32,33). The van der Waals surface area contributed by atoms with E-state index in [9.17, 15) is 20.1 Å². The van der Waals surface area contributed by atoms with Crippen LogP contribution in [0, 0.1) is 0 Å². The van der Waals surface area contributed by atoms with Crippen LogP contribution in [-0.2, 0) is 16.8 Å². The minimum absolute atomic E-state index is 0.0334. The first-order valence-electron chi connectivity index (χ1n) is 12.6. The van der Waals surface area contributed by atoms with E-state index in [2.05, 4.69) is 20.6 Å². The zero-order chi connectivity index (χ0) is 28.2. The molecule has 2 heterocycles. The Labute approximate surface area is 225 Å². The van der Waals surface area contributed by atoms with Crippen molar-refractivity contribution in [3.8, 4) is 11.4 Å². The van der Waals surface area contributed by atoms with E-state index in [1.807, 2.05) is 61.5 Å². The molecule has 2 aromatic heterocycles. The van der Waals surface area contributed by atoms with Crippen molar-refractivity contribution in [3.63, 3.8) is 0 Å². The first kappa shape index (κ1) is 27.5. The fourth-order valence-corrected chi connectivity index (χ4v) is 4.40. The Morgan fingerprint density at radius 3 is 2.41 bits per heavy atom. The number of nitrogens with zero attached hydrogens (tertiary/aromatic N) is 5. The smallest absolute Gasteiger partial charge is 0.357 e. The number of aryl methyl sites for hydroxylation is 1. The van der Waals surface area contributed by atoms with Gasteiger partial charge >= 0.3 is 5.97 Å². The summed E-state index contributed by atoms with van der Waals surface area (Å²) < 4.78 is 7.20. The van der Waals surface area contributed by atoms with Crippen LogP contribution in [0.25, 0.3) is 11.4 Å². The van der Waals surface area contributed by atoms with Crippen molar-refractivity contribution in [1.82, 2.24) is 30.2 Å². The van der Waals surface area contributed by atoms with Gasteiger partial charge in [0, 0.05) is 12.0 Å². The number of hydrogen-bond acceptors (Lipinski definition) is 9. The molecule has 0 saturated carbocycles. The molecule has 0 aliphatic rings. The van der Waals surface area contributed by atoms with Crippen LogP contribution in [0.3, 0.4) is 0 Å². The van der Waals surface area contributed by atoms with Crippen molar-refractivity contribution in [2.45, 2.75) is 52.2 Å². The van der Waals surface area contributed by atoms with E-state index in [1.165, 1.54) is 6.92 Å². The fraction of sp³-hybridized carbons (Fsp3) is 0.321. The lowest BCUT2D eigenvalue weighted by Crippen LogP contribution is -2.26. The molecule has 204 valence electrons. The Balaban J connectivity index is 2.03. The number of esters is 1. The Morgan fingerprint density at radius 2 is 1.79 bits per heavy atom. The number of aromatic amines is 1. The average Bonchev–Trinajstić information content (AvgIpc) is 3.57. The highest BCUT2D eigenvalue weighted by atomic mass is 16.5. The summed E-state index contributed by atoms with van der Waals surface area (Å²) in [6.45, 7) is 5.84. The number of aliphatic hydroxyl groups is 3. The SMILES string of the molecule is CCCc1nc(C(C)(C)O)c(C(=O)OCC(O)=C(C)O)n1C(c1ccccc1)c1ccccc1-c1nn[nH]n1. The predicted molar refractivity (Wildman–Crippen MR) is 143 cm³/mol. The first-order chi connectivity index (χ1) is 18.6. The Kier molecular flexibility index (Phi) is 8.10. The average molecular weight is 533 g/mol. The number of allylic oxidation sites excluding steroid dienone is 1. The third-order valence-electron chi connectivity index (χ3n) is 6.20. The van der Waals surface area contributed by atoms with E-state index in [4.69, 9.17) is 9.72 Å². The lowest BCUT2D eigenvalue weighted by atomic mass is 9.92. The molecule has 0 fully saturated rings. The molecule has 39 heavy (non-hydrogen) atoms. The van der Waals surface area contributed by atoms with Crippen LogP contribution in [0.15, 0.2) is 66.1 Å². The largest absolute Gasteiger partial charge is 0.509 e. The van der Waals surface area contributed by atoms with Gasteiger partial charge in [-0.15, -0.1) is 10.2 Å². The zero-order valence-electron chi connectivity index (χ0n) is 22.3. The summed E-state index contributed by atoms with van der Waals surface area (Å²) in [5.41, 5.74) is 0.973. The molecule has 0 amide bonds. The number of aliphatic hydroxyl groups excluding tert-OH is 2. The van der Waals surface area contributed by atoms with E-state index in [0.29, 0.717) is 23.6 Å². The number of imidazole rings is 1. The third kappa shape index (κ3) is 5.83. The van der Waals surface area contributed by atoms with Gasteiger partial charge in [-0.25, -0.2) is 9.78 Å². The van der Waals surface area contributed by atoms with E-state index < -0.39 is 30.0 Å². The van der Waals surface area contributed by atoms with Gasteiger partial charge in [0.2, 0.25) is 5.82 Å². The van der Waals surface area contributed by atoms with Crippen LogP contribution in [-0.4, -0.2) is 58.1 Å². The molecule has 0 bridgehead atoms. The van der Waals surface area contributed by atoms with Crippen molar-refractivity contribution in [1.29, 1.82) is 0 Å². The van der Waals surface area contributed by atoms with E-state index in [1.54, 1.807) is 18.4 Å². The van der Waals surface area contributed by atoms with Crippen molar-refractivity contribution in [3.05, 3.63) is 94.5 Å². The summed E-state index contributed by atoms with van der Waals surface area (Å²) in [5, 5.41) is 45.2. The normalized spacial score (nSPS) is 13.2. The molecule has 2 aromatic carbocycles. The number of H-pyrrole nitrogens is 1. The zero-order valence-corrected chi connectivity index (χ0v) is 22.3. The molecular formula is C28H32N6O5. The highest BCUT2D eigenvalue weighted by Gasteiger charge is 2.36. The summed E-state index contributed by atoms with van der Waals surface area (Å²) >= 11 is 0. The topological polar surface area (TPSA) is 159 Å². The summed E-state index contributed by atoms with van der Waals surface area (Å²) in [7, 11) is 0. The van der Waals surface area contributed by atoms with Crippen molar-refractivity contribution in [2.75, 3.05) is 6.61 Å². The van der Waals surface area contributed by atoms with Crippen LogP contribution in [0.4, 0.5) is 0 Å². The molecule has 1 atom stereocenters. The quantitative estimate of drug-likeness (QED) is 0.172. The first-order valence-corrected chi connectivity index (χ1v) is 12.6. The lowest BCUT2D eigenvalue weighted by molar-refractivity contribution is 0.0439. The number of carbonyl (C=O) groups excluding carboxylic acids is 1. The Hall–Kier alpha value is -4.51.